The van der Waals surface area contributed by atoms with Crippen molar-refractivity contribution in [2.24, 2.45) is 17.6 Å². The number of amidine groups is 1. The molecule has 9 nitrogen and oxygen atoms in total. The number of likely N-dealkylation sites (tertiary alicyclic amines) is 2. The van der Waals surface area contributed by atoms with Crippen molar-refractivity contribution < 1.29 is 19.1 Å². The Hall–Kier alpha value is -2.52. The number of nitrogens with two attached hydrogens (primary N) is 1. The molecule has 3 N–H and O–H groups in total. The molecule has 3 aliphatic heterocycles. The summed E-state index contributed by atoms with van der Waals surface area (Å²) in [5, 5.41) is 7.52. The Morgan fingerprint density at radius 1 is 0.973 bits per heavy atom. The molecule has 3 fully saturated rings. The smallest absolute Gasteiger partial charge is 0.306 e. The number of nitrogens with zero attached hydrogens (tertiary/aromatic N) is 3. The topological polar surface area (TPSA) is 120 Å². The van der Waals surface area contributed by atoms with Crippen LogP contribution >= 0.6 is 24.8 Å². The third-order valence-electron chi connectivity index (χ3n) is 7.56. The zero-order valence-corrected chi connectivity index (χ0v) is 22.9. The van der Waals surface area contributed by atoms with E-state index in [1.54, 1.807) is 4.90 Å². The van der Waals surface area contributed by atoms with Crippen LogP contribution in [-0.2, 0) is 19.1 Å². The summed E-state index contributed by atoms with van der Waals surface area (Å²) in [4.78, 5) is 42.9. The van der Waals surface area contributed by atoms with Crippen LogP contribution in [0.4, 0.5) is 5.69 Å². The summed E-state index contributed by atoms with van der Waals surface area (Å²) in [6.45, 7) is 4.58. The lowest BCUT2D eigenvalue weighted by atomic mass is 9.90. The maximum Gasteiger partial charge on any atom is 0.306 e. The quantitative estimate of drug-likeness (QED) is 0.289. The maximum atomic E-state index is 13.1. The van der Waals surface area contributed by atoms with Gasteiger partial charge in [-0.15, -0.1) is 24.8 Å². The van der Waals surface area contributed by atoms with E-state index in [0.29, 0.717) is 38.0 Å². The van der Waals surface area contributed by atoms with Gasteiger partial charge in [-0.1, -0.05) is 0 Å². The fourth-order valence-electron chi connectivity index (χ4n) is 5.36. The molecule has 206 valence electrons. The van der Waals surface area contributed by atoms with Gasteiger partial charge in [0.25, 0.3) is 0 Å². The van der Waals surface area contributed by atoms with Gasteiger partial charge in [-0.2, -0.15) is 0 Å². The lowest BCUT2D eigenvalue weighted by Crippen LogP contribution is -2.45. The van der Waals surface area contributed by atoms with Crippen LogP contribution in [0.2, 0.25) is 0 Å². The average Bonchev–Trinajstić information content (AvgIpc) is 3.28. The molecule has 0 atom stereocenters. The van der Waals surface area contributed by atoms with Crippen molar-refractivity contribution in [1.82, 2.24) is 9.80 Å². The molecule has 0 unspecified atom stereocenters. The Balaban J connectivity index is 0.00000241. The van der Waals surface area contributed by atoms with E-state index in [2.05, 4.69) is 4.90 Å². The third kappa shape index (κ3) is 8.23. The van der Waals surface area contributed by atoms with Gasteiger partial charge in [-0.25, -0.2) is 0 Å². The second-order valence-electron chi connectivity index (χ2n) is 9.90. The Labute approximate surface area is 231 Å². The Bertz CT molecular complexity index is 929. The lowest BCUT2D eigenvalue weighted by Gasteiger charge is -2.38. The highest BCUT2D eigenvalue weighted by atomic mass is 35.5. The van der Waals surface area contributed by atoms with E-state index >= 15 is 0 Å². The van der Waals surface area contributed by atoms with Crippen molar-refractivity contribution in [1.29, 1.82) is 5.41 Å². The van der Waals surface area contributed by atoms with Gasteiger partial charge in [0.2, 0.25) is 11.8 Å². The van der Waals surface area contributed by atoms with Gasteiger partial charge >= 0.3 is 5.97 Å². The van der Waals surface area contributed by atoms with Crippen LogP contribution in [0.25, 0.3) is 0 Å². The number of amides is 2. The van der Waals surface area contributed by atoms with Crippen LogP contribution in [0.1, 0.15) is 50.5 Å². The first-order valence-corrected chi connectivity index (χ1v) is 12.8. The van der Waals surface area contributed by atoms with Crippen molar-refractivity contribution in [3.8, 4) is 0 Å². The van der Waals surface area contributed by atoms with Crippen LogP contribution in [0, 0.1) is 17.2 Å². The summed E-state index contributed by atoms with van der Waals surface area (Å²) < 4.78 is 5.35. The molecule has 0 aromatic heterocycles. The van der Waals surface area contributed by atoms with Gasteiger partial charge in [0.1, 0.15) is 12.4 Å². The second-order valence-corrected chi connectivity index (χ2v) is 9.90. The number of esters is 1. The highest BCUT2D eigenvalue weighted by Crippen LogP contribution is 2.28. The van der Waals surface area contributed by atoms with E-state index in [0.717, 1.165) is 57.4 Å². The van der Waals surface area contributed by atoms with Crippen molar-refractivity contribution in [2.75, 3.05) is 50.8 Å². The van der Waals surface area contributed by atoms with Gasteiger partial charge in [0, 0.05) is 62.7 Å². The summed E-state index contributed by atoms with van der Waals surface area (Å²) >= 11 is 0. The fraction of sp³-hybridized carbons (Fsp3) is 0.615. The van der Waals surface area contributed by atoms with Gasteiger partial charge < -0.3 is 25.2 Å². The number of nitrogens with one attached hydrogen (secondary N) is 1. The number of ether oxygens (including phenoxy) is 1. The first-order valence-electron chi connectivity index (χ1n) is 12.8. The van der Waals surface area contributed by atoms with E-state index in [9.17, 15) is 14.4 Å². The number of benzene rings is 1. The number of rotatable bonds is 8. The number of halogens is 2. The lowest BCUT2D eigenvalue weighted by molar-refractivity contribution is -0.147. The first kappa shape index (κ1) is 30.7. The summed E-state index contributed by atoms with van der Waals surface area (Å²) in [6.07, 6.45) is 5.19. The van der Waals surface area contributed by atoms with Gasteiger partial charge in [0.15, 0.2) is 0 Å². The molecule has 0 saturated carbocycles. The Kier molecular flexibility index (Phi) is 12.0. The van der Waals surface area contributed by atoms with Gasteiger partial charge in [-0.05, 0) is 62.3 Å². The minimum atomic E-state index is -0.204. The molecular weight excluding hydrogens is 517 g/mol. The predicted molar refractivity (Wildman–Crippen MR) is 148 cm³/mol. The van der Waals surface area contributed by atoms with Crippen LogP contribution in [0.5, 0.6) is 0 Å². The van der Waals surface area contributed by atoms with E-state index in [1.807, 2.05) is 29.2 Å². The van der Waals surface area contributed by atoms with Crippen molar-refractivity contribution in [2.45, 2.75) is 44.9 Å². The molecular formula is C26H39Cl2N5O4. The molecule has 0 radical (unpaired) electrons. The van der Waals surface area contributed by atoms with Gasteiger partial charge in [-0.3, -0.25) is 19.8 Å². The van der Waals surface area contributed by atoms with Crippen LogP contribution in [0.15, 0.2) is 24.3 Å². The molecule has 2 amide bonds. The van der Waals surface area contributed by atoms with Gasteiger partial charge in [0.05, 0.1) is 6.54 Å². The molecule has 1 aromatic rings. The first-order chi connectivity index (χ1) is 16.9. The highest BCUT2D eigenvalue weighted by molar-refractivity contribution is 5.95. The van der Waals surface area contributed by atoms with E-state index < -0.39 is 0 Å². The summed E-state index contributed by atoms with van der Waals surface area (Å²) in [5.74, 6) is 0.555. The van der Waals surface area contributed by atoms with Crippen molar-refractivity contribution in [3.63, 3.8) is 0 Å². The highest BCUT2D eigenvalue weighted by Gasteiger charge is 2.31. The largest absolute Gasteiger partial charge is 0.464 e. The fourth-order valence-corrected chi connectivity index (χ4v) is 5.36. The number of carbonyl (C=O) groups excluding carboxylic acids is 3. The Morgan fingerprint density at radius 2 is 1.62 bits per heavy atom. The third-order valence-corrected chi connectivity index (χ3v) is 7.56. The molecule has 3 heterocycles. The van der Waals surface area contributed by atoms with Crippen LogP contribution < -0.4 is 10.6 Å². The molecule has 4 rings (SSSR count). The second kappa shape index (κ2) is 14.4. The van der Waals surface area contributed by atoms with Crippen LogP contribution in [-0.4, -0.2) is 79.3 Å². The predicted octanol–water partition coefficient (Wildman–Crippen LogP) is 2.82. The monoisotopic (exact) mass is 555 g/mol. The van der Waals surface area contributed by atoms with Crippen molar-refractivity contribution >= 4 is 54.1 Å². The zero-order chi connectivity index (χ0) is 24.8. The average molecular weight is 557 g/mol. The number of piperidine rings is 2. The standard InChI is InChI=1S/C26H37N5O4.2ClH/c27-25(28)20-3-5-22(6-4-20)29-14-9-21(10-15-29)26(34)31-12-7-19(8-13-31)18-24(33)35-17-16-30-11-1-2-23(30)32;;/h3-6,19,21H,1-2,7-18H2,(H3,27,28);2*1H. The summed E-state index contributed by atoms with van der Waals surface area (Å²) in [6, 6.07) is 7.70. The SMILES string of the molecule is Cl.Cl.N=C(N)c1ccc(N2CCC(C(=O)N3CCC(CC(=O)OCCN4CCCC4=O)CC3)CC2)cc1. The molecule has 11 heteroatoms. The Morgan fingerprint density at radius 3 is 2.19 bits per heavy atom. The normalized spacial score (nSPS) is 18.7. The molecule has 0 bridgehead atoms. The molecule has 37 heavy (non-hydrogen) atoms. The summed E-state index contributed by atoms with van der Waals surface area (Å²) in [5.41, 5.74) is 7.35. The number of anilines is 1. The van der Waals surface area contributed by atoms with E-state index in [4.69, 9.17) is 15.9 Å². The molecule has 0 spiro atoms. The summed E-state index contributed by atoms with van der Waals surface area (Å²) in [7, 11) is 0. The zero-order valence-electron chi connectivity index (χ0n) is 21.2. The van der Waals surface area contributed by atoms with E-state index in [-0.39, 0.29) is 66.9 Å². The number of carbonyl (C=O) groups is 3. The molecule has 0 aliphatic carbocycles. The minimum absolute atomic E-state index is 0. The van der Waals surface area contributed by atoms with Crippen LogP contribution in [0.3, 0.4) is 0 Å². The molecule has 1 aromatic carbocycles. The number of nitrogen functional groups attached to an aromatic ring is 1. The van der Waals surface area contributed by atoms with Crippen molar-refractivity contribution in [3.05, 3.63) is 29.8 Å². The number of hydrogen-bond acceptors (Lipinski definition) is 6. The molecule has 3 aliphatic rings. The van der Waals surface area contributed by atoms with E-state index in [1.165, 1.54) is 0 Å². The maximum absolute atomic E-state index is 13.1. The molecule has 3 saturated heterocycles. The number of hydrogen-bond donors (Lipinski definition) is 2. The minimum Gasteiger partial charge on any atom is -0.464 e.